The number of hydrogen-bond acceptors (Lipinski definition) is 3. The van der Waals surface area contributed by atoms with Crippen LogP contribution < -0.4 is 5.56 Å². The van der Waals surface area contributed by atoms with E-state index < -0.39 is 4.92 Å². The van der Waals surface area contributed by atoms with Gasteiger partial charge in [-0.1, -0.05) is 23.8 Å². The van der Waals surface area contributed by atoms with Gasteiger partial charge in [-0.3, -0.25) is 14.9 Å². The van der Waals surface area contributed by atoms with Crippen LogP contribution in [0.3, 0.4) is 0 Å². The lowest BCUT2D eigenvalue weighted by molar-refractivity contribution is -0.385. The van der Waals surface area contributed by atoms with Crippen molar-refractivity contribution >= 4 is 5.69 Å². The molecular weight excluding hydrogens is 232 g/mol. The minimum Gasteiger partial charge on any atom is -0.322 e. The Morgan fingerprint density at radius 1 is 1.17 bits per heavy atom. The number of nitrogens with zero attached hydrogens (tertiary/aromatic N) is 1. The zero-order valence-corrected chi connectivity index (χ0v) is 10.1. The minimum atomic E-state index is -0.523. The Morgan fingerprint density at radius 2 is 1.89 bits per heavy atom. The molecule has 1 aromatic carbocycles. The molecule has 18 heavy (non-hydrogen) atoms. The number of rotatable bonds is 2. The quantitative estimate of drug-likeness (QED) is 0.651. The molecule has 0 aliphatic rings. The summed E-state index contributed by atoms with van der Waals surface area (Å²) in [4.78, 5) is 24.4. The summed E-state index contributed by atoms with van der Waals surface area (Å²) in [5.74, 6) is 0. The molecular formula is C13H12N2O3. The molecule has 1 aromatic heterocycles. The third kappa shape index (κ3) is 2.15. The molecule has 92 valence electrons. The Labute approximate surface area is 103 Å². The van der Waals surface area contributed by atoms with Crippen LogP contribution in [-0.2, 0) is 0 Å². The van der Waals surface area contributed by atoms with Gasteiger partial charge in [0.1, 0.15) is 0 Å². The van der Waals surface area contributed by atoms with Crippen molar-refractivity contribution in [2.45, 2.75) is 13.8 Å². The van der Waals surface area contributed by atoms with Gasteiger partial charge < -0.3 is 4.98 Å². The zero-order valence-electron chi connectivity index (χ0n) is 10.1. The van der Waals surface area contributed by atoms with Gasteiger partial charge in [0, 0.05) is 6.07 Å². The lowest BCUT2D eigenvalue weighted by Gasteiger charge is -2.06. The van der Waals surface area contributed by atoms with Crippen molar-refractivity contribution in [1.82, 2.24) is 4.98 Å². The summed E-state index contributed by atoms with van der Waals surface area (Å²) in [5.41, 5.74) is 2.51. The summed E-state index contributed by atoms with van der Waals surface area (Å²) in [6.07, 6.45) is 1.11. The molecule has 5 heteroatoms. The Bertz CT molecular complexity index is 674. The number of aromatic amines is 1. The average Bonchev–Trinajstić information content (AvgIpc) is 2.33. The number of pyridine rings is 1. The van der Waals surface area contributed by atoms with Gasteiger partial charge in [0.2, 0.25) is 0 Å². The lowest BCUT2D eigenvalue weighted by Crippen LogP contribution is -2.09. The van der Waals surface area contributed by atoms with E-state index in [2.05, 4.69) is 4.98 Å². The normalized spacial score (nSPS) is 10.3. The Balaban J connectivity index is 2.70. The molecule has 0 spiro atoms. The first-order chi connectivity index (χ1) is 8.49. The summed E-state index contributed by atoms with van der Waals surface area (Å²) >= 11 is 0. The molecule has 0 unspecified atom stereocenters. The lowest BCUT2D eigenvalue weighted by atomic mass is 9.99. The van der Waals surface area contributed by atoms with Gasteiger partial charge in [-0.25, -0.2) is 0 Å². The van der Waals surface area contributed by atoms with E-state index in [9.17, 15) is 14.9 Å². The Hall–Kier alpha value is -2.43. The van der Waals surface area contributed by atoms with Crippen molar-refractivity contribution in [3.05, 3.63) is 62.1 Å². The van der Waals surface area contributed by atoms with Gasteiger partial charge in [0.05, 0.1) is 16.7 Å². The molecule has 0 atom stereocenters. The SMILES string of the molecule is Cc1ccc(C)c(-c2cc([N+](=O)[O-])c[nH]c2=O)c1. The third-order valence-electron chi connectivity index (χ3n) is 2.78. The van der Waals surface area contributed by atoms with Gasteiger partial charge in [-0.2, -0.15) is 0 Å². The van der Waals surface area contributed by atoms with Gasteiger partial charge in [0.15, 0.2) is 0 Å². The summed E-state index contributed by atoms with van der Waals surface area (Å²) < 4.78 is 0. The molecule has 2 aromatic rings. The third-order valence-corrected chi connectivity index (χ3v) is 2.78. The largest absolute Gasteiger partial charge is 0.322 e. The summed E-state index contributed by atoms with van der Waals surface area (Å²) in [6, 6.07) is 6.98. The highest BCUT2D eigenvalue weighted by Crippen LogP contribution is 2.23. The van der Waals surface area contributed by atoms with Crippen molar-refractivity contribution in [2.75, 3.05) is 0 Å². The topological polar surface area (TPSA) is 76.0 Å². The highest BCUT2D eigenvalue weighted by Gasteiger charge is 2.12. The predicted molar refractivity (Wildman–Crippen MR) is 68.6 cm³/mol. The molecule has 2 rings (SSSR count). The van der Waals surface area contributed by atoms with Crippen LogP contribution in [-0.4, -0.2) is 9.91 Å². The first-order valence-corrected chi connectivity index (χ1v) is 5.44. The van der Waals surface area contributed by atoms with Crippen LogP contribution in [0, 0.1) is 24.0 Å². The minimum absolute atomic E-state index is 0.120. The molecule has 0 saturated heterocycles. The van der Waals surface area contributed by atoms with E-state index in [-0.39, 0.29) is 11.2 Å². The van der Waals surface area contributed by atoms with Crippen LogP contribution in [0.15, 0.2) is 35.3 Å². The second-order valence-corrected chi connectivity index (χ2v) is 4.18. The van der Waals surface area contributed by atoms with E-state index in [0.29, 0.717) is 5.56 Å². The maximum atomic E-state index is 11.8. The van der Waals surface area contributed by atoms with E-state index in [1.807, 2.05) is 32.0 Å². The molecule has 0 radical (unpaired) electrons. The predicted octanol–water partition coefficient (Wildman–Crippen LogP) is 2.57. The monoisotopic (exact) mass is 244 g/mol. The highest BCUT2D eigenvalue weighted by molar-refractivity contribution is 5.68. The van der Waals surface area contributed by atoms with Crippen LogP contribution in [0.4, 0.5) is 5.69 Å². The number of aryl methyl sites for hydroxylation is 2. The second kappa shape index (κ2) is 4.44. The van der Waals surface area contributed by atoms with Gasteiger partial charge in [0.25, 0.3) is 11.2 Å². The molecule has 0 fully saturated rings. The molecule has 0 bridgehead atoms. The number of benzene rings is 1. The number of nitro groups is 1. The maximum Gasteiger partial charge on any atom is 0.286 e. The molecule has 0 aliphatic heterocycles. The summed E-state index contributed by atoms with van der Waals surface area (Å²) in [7, 11) is 0. The molecule has 1 N–H and O–H groups in total. The van der Waals surface area contributed by atoms with Crippen LogP contribution in [0.5, 0.6) is 0 Å². The summed E-state index contributed by atoms with van der Waals surface area (Å²) in [6.45, 7) is 3.78. The fraction of sp³-hybridized carbons (Fsp3) is 0.154. The van der Waals surface area contributed by atoms with E-state index in [1.54, 1.807) is 0 Å². The van der Waals surface area contributed by atoms with E-state index in [1.165, 1.54) is 6.07 Å². The molecule has 5 nitrogen and oxygen atoms in total. The van der Waals surface area contributed by atoms with Crippen molar-refractivity contribution in [1.29, 1.82) is 0 Å². The standard InChI is InChI=1S/C13H12N2O3/c1-8-3-4-9(2)11(5-8)12-6-10(15(17)18)7-14-13(12)16/h3-7H,1-2H3,(H,14,16). The fourth-order valence-electron chi connectivity index (χ4n) is 1.80. The number of H-pyrrole nitrogens is 1. The molecule has 1 heterocycles. The Kier molecular flexibility index (Phi) is 2.97. The number of aromatic nitrogens is 1. The van der Waals surface area contributed by atoms with Crippen LogP contribution in [0.2, 0.25) is 0 Å². The first-order valence-electron chi connectivity index (χ1n) is 5.44. The van der Waals surface area contributed by atoms with Crippen LogP contribution >= 0.6 is 0 Å². The second-order valence-electron chi connectivity index (χ2n) is 4.18. The molecule has 0 saturated carbocycles. The Morgan fingerprint density at radius 3 is 2.56 bits per heavy atom. The number of nitrogens with one attached hydrogen (secondary N) is 1. The zero-order chi connectivity index (χ0) is 13.3. The van der Waals surface area contributed by atoms with Crippen LogP contribution in [0.25, 0.3) is 11.1 Å². The van der Waals surface area contributed by atoms with Gasteiger partial charge in [-0.05, 0) is 25.0 Å². The van der Waals surface area contributed by atoms with Gasteiger partial charge >= 0.3 is 0 Å². The first kappa shape index (κ1) is 12.0. The smallest absolute Gasteiger partial charge is 0.286 e. The van der Waals surface area contributed by atoms with E-state index in [4.69, 9.17) is 0 Å². The maximum absolute atomic E-state index is 11.8. The average molecular weight is 244 g/mol. The van der Waals surface area contributed by atoms with Crippen molar-refractivity contribution in [3.63, 3.8) is 0 Å². The van der Waals surface area contributed by atoms with E-state index in [0.717, 1.165) is 22.9 Å². The fourth-order valence-corrected chi connectivity index (χ4v) is 1.80. The number of hydrogen-bond donors (Lipinski definition) is 1. The van der Waals surface area contributed by atoms with Crippen LogP contribution in [0.1, 0.15) is 11.1 Å². The van der Waals surface area contributed by atoms with Crippen molar-refractivity contribution < 1.29 is 4.92 Å². The van der Waals surface area contributed by atoms with Crippen molar-refractivity contribution in [2.24, 2.45) is 0 Å². The van der Waals surface area contributed by atoms with Crippen molar-refractivity contribution in [3.8, 4) is 11.1 Å². The molecule has 0 amide bonds. The van der Waals surface area contributed by atoms with Gasteiger partial charge in [-0.15, -0.1) is 0 Å². The van der Waals surface area contributed by atoms with E-state index >= 15 is 0 Å². The summed E-state index contributed by atoms with van der Waals surface area (Å²) in [5, 5.41) is 10.7. The molecule has 0 aliphatic carbocycles. The highest BCUT2D eigenvalue weighted by atomic mass is 16.6.